The summed E-state index contributed by atoms with van der Waals surface area (Å²) in [5.74, 6) is 0. The first kappa shape index (κ1) is 8.01. The first-order chi connectivity index (χ1) is 5.12. The third-order valence-electron chi connectivity index (χ3n) is 3.32. The molecule has 2 rings (SSSR count). The molecule has 0 bridgehead atoms. The second-order valence-corrected chi connectivity index (χ2v) is 13.3. The fourth-order valence-electron chi connectivity index (χ4n) is 2.15. The second kappa shape index (κ2) is 2.44. The van der Waals surface area contributed by atoms with E-state index in [2.05, 4.69) is 13.1 Å². The molecule has 2 heterocycles. The van der Waals surface area contributed by atoms with E-state index in [1.54, 1.807) is 0 Å². The quantitative estimate of drug-likeness (QED) is 0.603. The van der Waals surface area contributed by atoms with Crippen LogP contribution in [0.1, 0.15) is 12.8 Å². The van der Waals surface area contributed by atoms with E-state index < -0.39 is 16.6 Å². The highest BCUT2D eigenvalue weighted by Gasteiger charge is 2.46. The third-order valence-corrected chi connectivity index (χ3v) is 12.9. The molecule has 0 saturated carbocycles. The molecular weight excluding hydrogens is 168 g/mol. The van der Waals surface area contributed by atoms with Gasteiger partial charge in [0, 0.05) is 0 Å². The molecule has 0 amide bonds. The fraction of sp³-hybridized carbons (Fsp3) is 1.00. The topological polar surface area (TPSA) is 9.23 Å². The van der Waals surface area contributed by atoms with Gasteiger partial charge in [-0.05, 0) is 37.3 Å². The maximum absolute atomic E-state index is 6.38. The zero-order chi connectivity index (χ0) is 7.95. The van der Waals surface area contributed by atoms with Crippen LogP contribution in [0.3, 0.4) is 0 Å². The van der Waals surface area contributed by atoms with Crippen molar-refractivity contribution in [2.45, 2.75) is 50.1 Å². The molecule has 0 aromatic heterocycles. The summed E-state index contributed by atoms with van der Waals surface area (Å²) in [5, 5.41) is 0. The van der Waals surface area contributed by atoms with Gasteiger partial charge in [0.15, 0.2) is 16.6 Å². The van der Waals surface area contributed by atoms with Crippen molar-refractivity contribution in [1.29, 1.82) is 0 Å². The van der Waals surface area contributed by atoms with Gasteiger partial charge in [0.2, 0.25) is 0 Å². The average molecular weight is 186 g/mol. The van der Waals surface area contributed by atoms with Crippen molar-refractivity contribution in [3.8, 4) is 0 Å². The zero-order valence-corrected chi connectivity index (χ0v) is 9.65. The van der Waals surface area contributed by atoms with Crippen LogP contribution in [0.25, 0.3) is 0 Å². The van der Waals surface area contributed by atoms with Crippen molar-refractivity contribution in [1.82, 2.24) is 0 Å². The Hall–Kier alpha value is 0.394. The molecule has 0 radical (unpaired) electrons. The summed E-state index contributed by atoms with van der Waals surface area (Å²) in [5.41, 5.74) is 0. The number of rotatable bonds is 2. The highest BCUT2D eigenvalue weighted by molar-refractivity contribution is 6.88. The van der Waals surface area contributed by atoms with Crippen molar-refractivity contribution >= 4 is 16.6 Å². The lowest BCUT2D eigenvalue weighted by molar-refractivity contribution is 0.468. The van der Waals surface area contributed by atoms with Gasteiger partial charge in [-0.25, -0.2) is 0 Å². The van der Waals surface area contributed by atoms with Gasteiger partial charge in [0.05, 0.1) is 0 Å². The van der Waals surface area contributed by atoms with Crippen LogP contribution in [0, 0.1) is 0 Å². The molecule has 2 fully saturated rings. The van der Waals surface area contributed by atoms with Gasteiger partial charge in [-0.2, -0.15) is 0 Å². The van der Waals surface area contributed by atoms with Gasteiger partial charge >= 0.3 is 0 Å². The van der Waals surface area contributed by atoms with Crippen LogP contribution in [0.15, 0.2) is 0 Å². The van der Waals surface area contributed by atoms with Crippen LogP contribution < -0.4 is 0 Å². The van der Waals surface area contributed by atoms with E-state index in [0.717, 1.165) is 0 Å². The van der Waals surface area contributed by atoms with Crippen LogP contribution in [0.5, 0.6) is 0 Å². The number of hydrogen-bond donors (Lipinski definition) is 0. The Labute approximate surface area is 71.4 Å². The Bertz CT molecular complexity index is 143. The maximum Gasteiger partial charge on any atom is 0.176 e. The smallest absolute Gasteiger partial charge is 0.176 e. The summed E-state index contributed by atoms with van der Waals surface area (Å²) in [7, 11) is -2.08. The largest absolute Gasteiger partial charge is 0.455 e. The van der Waals surface area contributed by atoms with E-state index in [1.807, 2.05) is 0 Å². The summed E-state index contributed by atoms with van der Waals surface area (Å²) >= 11 is 0. The molecule has 0 unspecified atom stereocenters. The van der Waals surface area contributed by atoms with Crippen LogP contribution in [-0.4, -0.2) is 16.6 Å². The van der Waals surface area contributed by atoms with Crippen molar-refractivity contribution in [2.75, 3.05) is 0 Å². The molecule has 2 aliphatic heterocycles. The van der Waals surface area contributed by atoms with E-state index in [0.29, 0.717) is 0 Å². The first-order valence-corrected chi connectivity index (χ1v) is 10.5. The maximum atomic E-state index is 6.38. The van der Waals surface area contributed by atoms with Crippen molar-refractivity contribution in [2.24, 2.45) is 0 Å². The molecule has 64 valence electrons. The molecule has 2 aliphatic rings. The van der Waals surface area contributed by atoms with E-state index >= 15 is 0 Å². The Balaban J connectivity index is 1.88. The first-order valence-electron chi connectivity index (χ1n) is 4.82. The minimum atomic E-state index is -1.04. The van der Waals surface area contributed by atoms with Crippen LogP contribution in [0.4, 0.5) is 0 Å². The summed E-state index contributed by atoms with van der Waals surface area (Å²) in [4.78, 5) is 0. The monoisotopic (exact) mass is 186 g/mol. The Morgan fingerprint density at radius 3 is 1.36 bits per heavy atom. The highest BCUT2D eigenvalue weighted by atomic mass is 28.4. The highest BCUT2D eigenvalue weighted by Crippen LogP contribution is 2.42. The molecule has 1 nitrogen and oxygen atoms in total. The summed E-state index contributed by atoms with van der Waals surface area (Å²) in [6, 6.07) is 5.82. The van der Waals surface area contributed by atoms with Crippen LogP contribution in [0.2, 0.25) is 37.3 Å². The van der Waals surface area contributed by atoms with E-state index in [-0.39, 0.29) is 0 Å². The molecule has 0 aromatic rings. The predicted molar refractivity (Wildman–Crippen MR) is 52.8 cm³/mol. The minimum Gasteiger partial charge on any atom is -0.455 e. The van der Waals surface area contributed by atoms with Gasteiger partial charge in [-0.1, -0.05) is 12.8 Å². The molecule has 2 saturated heterocycles. The summed E-state index contributed by atoms with van der Waals surface area (Å²) in [6.07, 6.45) is 2.90. The Morgan fingerprint density at radius 2 is 1.18 bits per heavy atom. The normalized spacial score (nSPS) is 32.2. The molecule has 3 heteroatoms. The zero-order valence-electron chi connectivity index (χ0n) is 7.65. The molecule has 11 heavy (non-hydrogen) atoms. The molecule has 0 aliphatic carbocycles. The van der Waals surface area contributed by atoms with Gasteiger partial charge in [-0.3, -0.25) is 0 Å². The second-order valence-electron chi connectivity index (χ2n) is 4.71. The fourth-order valence-corrected chi connectivity index (χ4v) is 11.2. The van der Waals surface area contributed by atoms with E-state index in [1.165, 1.54) is 37.0 Å². The van der Waals surface area contributed by atoms with E-state index in [9.17, 15) is 0 Å². The average Bonchev–Trinajstić information content (AvgIpc) is 1.81. The molecule has 0 spiro atoms. The third kappa shape index (κ3) is 1.46. The predicted octanol–water partition coefficient (Wildman–Crippen LogP) is 2.96. The van der Waals surface area contributed by atoms with Gasteiger partial charge < -0.3 is 4.12 Å². The molecule has 0 aromatic carbocycles. The van der Waals surface area contributed by atoms with Crippen LogP contribution in [-0.2, 0) is 4.12 Å². The van der Waals surface area contributed by atoms with Crippen molar-refractivity contribution in [3.63, 3.8) is 0 Å². The lowest BCUT2D eigenvalue weighted by Gasteiger charge is -2.47. The van der Waals surface area contributed by atoms with Crippen molar-refractivity contribution < 1.29 is 4.12 Å². The van der Waals surface area contributed by atoms with E-state index in [4.69, 9.17) is 4.12 Å². The Kier molecular flexibility index (Phi) is 1.78. The number of hydrogen-bond acceptors (Lipinski definition) is 1. The Morgan fingerprint density at radius 1 is 0.818 bits per heavy atom. The lowest BCUT2D eigenvalue weighted by atomic mass is 10.5. The lowest BCUT2D eigenvalue weighted by Crippen LogP contribution is -2.54. The van der Waals surface area contributed by atoms with Gasteiger partial charge in [0.1, 0.15) is 0 Å². The SMILES string of the molecule is C[Si]1(O[Si]2(C)CCC2)CCC1. The van der Waals surface area contributed by atoms with Crippen LogP contribution >= 0.6 is 0 Å². The molecular formula is C8H18OSi2. The van der Waals surface area contributed by atoms with Gasteiger partial charge in [0.25, 0.3) is 0 Å². The standard InChI is InChI=1S/C8H18OSi2/c1-10(5-3-6-10)9-11(2)7-4-8-11/h3-8H2,1-2H3. The minimum absolute atomic E-state index is 1.04. The van der Waals surface area contributed by atoms with Crippen molar-refractivity contribution in [3.05, 3.63) is 0 Å². The summed E-state index contributed by atoms with van der Waals surface area (Å²) in [6.45, 7) is 4.88. The van der Waals surface area contributed by atoms with Gasteiger partial charge in [-0.15, -0.1) is 0 Å². The molecule has 0 atom stereocenters. The summed E-state index contributed by atoms with van der Waals surface area (Å²) < 4.78 is 6.38. The molecule has 0 N–H and O–H groups in total.